The van der Waals surface area contributed by atoms with Crippen LogP contribution in [0.25, 0.3) is 0 Å². The third kappa shape index (κ3) is 5.47. The van der Waals surface area contributed by atoms with E-state index in [-0.39, 0.29) is 32.4 Å². The predicted octanol–water partition coefficient (Wildman–Crippen LogP) is -1.64. The first kappa shape index (κ1) is 16.4. The monoisotopic (exact) mass is 301 g/mol. The third-order valence-electron chi connectivity index (χ3n) is 2.71. The molecular weight excluding hydrogens is 286 g/mol. The molecule has 4 amide bonds. The van der Waals surface area contributed by atoms with Gasteiger partial charge in [0.1, 0.15) is 19.1 Å². The second-order valence-electron chi connectivity index (χ2n) is 4.45. The van der Waals surface area contributed by atoms with Crippen molar-refractivity contribution in [2.24, 2.45) is 0 Å². The number of piperazine rings is 1. The number of hydrogen-bond donors (Lipinski definition) is 4. The number of carboxylic acid groups (broad SMARTS) is 2. The Morgan fingerprint density at radius 2 is 1.76 bits per heavy atom. The molecule has 0 aliphatic carbocycles. The largest absolute Gasteiger partial charge is 0.481 e. The van der Waals surface area contributed by atoms with E-state index in [0.29, 0.717) is 0 Å². The molecule has 1 heterocycles. The first-order valence-corrected chi connectivity index (χ1v) is 6.12. The number of aliphatic carboxylic acids is 2. The normalized spacial score (nSPS) is 16.1. The van der Waals surface area contributed by atoms with E-state index in [9.17, 15) is 24.0 Å². The third-order valence-corrected chi connectivity index (χ3v) is 2.71. The van der Waals surface area contributed by atoms with E-state index < -0.39 is 35.8 Å². The van der Waals surface area contributed by atoms with Gasteiger partial charge in [-0.05, 0) is 12.8 Å². The van der Waals surface area contributed by atoms with Crippen molar-refractivity contribution in [2.45, 2.75) is 25.3 Å². The van der Waals surface area contributed by atoms with Gasteiger partial charge in [0.25, 0.3) is 0 Å². The van der Waals surface area contributed by atoms with Gasteiger partial charge in [0.2, 0.25) is 11.8 Å². The van der Waals surface area contributed by atoms with Gasteiger partial charge in [-0.2, -0.15) is 0 Å². The number of carboxylic acids is 2. The van der Waals surface area contributed by atoms with Crippen molar-refractivity contribution in [1.82, 2.24) is 15.5 Å². The Balaban J connectivity index is 2.55. The fraction of sp³-hybridized carbons (Fsp3) is 0.545. The molecule has 0 unspecified atom stereocenters. The van der Waals surface area contributed by atoms with Crippen LogP contribution in [0, 0.1) is 0 Å². The number of rotatable bonds is 6. The van der Waals surface area contributed by atoms with E-state index in [1.54, 1.807) is 0 Å². The summed E-state index contributed by atoms with van der Waals surface area (Å²) in [5.74, 6) is -3.69. The molecule has 1 saturated heterocycles. The molecule has 4 N–H and O–H groups in total. The van der Waals surface area contributed by atoms with E-state index in [0.717, 1.165) is 4.90 Å². The smallest absolute Gasteiger partial charge is 0.326 e. The zero-order chi connectivity index (χ0) is 16.0. The van der Waals surface area contributed by atoms with Crippen molar-refractivity contribution in [3.63, 3.8) is 0 Å². The van der Waals surface area contributed by atoms with Crippen LogP contribution in [0.4, 0.5) is 4.79 Å². The second kappa shape index (κ2) is 7.22. The number of nitrogens with zero attached hydrogens (tertiary/aromatic N) is 1. The fourth-order valence-corrected chi connectivity index (χ4v) is 1.74. The van der Waals surface area contributed by atoms with E-state index in [1.807, 2.05) is 5.32 Å². The van der Waals surface area contributed by atoms with Crippen LogP contribution in [0.15, 0.2) is 0 Å². The second-order valence-corrected chi connectivity index (χ2v) is 4.45. The van der Waals surface area contributed by atoms with Crippen LogP contribution in [0.2, 0.25) is 0 Å². The summed E-state index contributed by atoms with van der Waals surface area (Å²) in [6.07, 6.45) is -0.211. The molecule has 10 heteroatoms. The highest BCUT2D eigenvalue weighted by molar-refractivity contribution is 6.02. The number of carbonyl (C=O) groups is 5. The summed E-state index contributed by atoms with van der Waals surface area (Å²) in [7, 11) is 0. The Bertz CT molecular complexity index is 460. The van der Waals surface area contributed by atoms with Crippen molar-refractivity contribution >= 4 is 29.8 Å². The Hall–Kier alpha value is -2.65. The van der Waals surface area contributed by atoms with Crippen molar-refractivity contribution < 1.29 is 34.2 Å². The van der Waals surface area contributed by atoms with Gasteiger partial charge in [0.05, 0.1) is 0 Å². The molecule has 0 aromatic rings. The fourth-order valence-electron chi connectivity index (χ4n) is 1.74. The van der Waals surface area contributed by atoms with E-state index in [4.69, 9.17) is 10.2 Å². The Morgan fingerprint density at radius 3 is 2.24 bits per heavy atom. The van der Waals surface area contributed by atoms with Gasteiger partial charge in [-0.15, -0.1) is 0 Å². The van der Waals surface area contributed by atoms with Gasteiger partial charge in [-0.1, -0.05) is 0 Å². The number of carbonyl (C=O) groups excluding carboxylic acids is 3. The zero-order valence-corrected chi connectivity index (χ0v) is 11.0. The Labute approximate surface area is 119 Å². The molecule has 116 valence electrons. The van der Waals surface area contributed by atoms with Crippen LogP contribution < -0.4 is 10.6 Å². The molecule has 1 fully saturated rings. The summed E-state index contributed by atoms with van der Waals surface area (Å²) in [6, 6.07) is -2.14. The van der Waals surface area contributed by atoms with Crippen molar-refractivity contribution in [1.29, 1.82) is 0 Å². The molecule has 21 heavy (non-hydrogen) atoms. The number of urea groups is 1. The van der Waals surface area contributed by atoms with Crippen LogP contribution in [0.1, 0.15) is 19.3 Å². The van der Waals surface area contributed by atoms with Gasteiger partial charge >= 0.3 is 18.0 Å². The van der Waals surface area contributed by atoms with Crippen molar-refractivity contribution in [3.8, 4) is 0 Å². The Morgan fingerprint density at radius 1 is 1.19 bits per heavy atom. The minimum atomic E-state index is -1.32. The molecule has 1 atom stereocenters. The molecule has 1 aliphatic rings. The minimum absolute atomic E-state index is 0.0681. The van der Waals surface area contributed by atoms with Crippen molar-refractivity contribution in [2.75, 3.05) is 13.1 Å². The molecule has 0 radical (unpaired) electrons. The lowest BCUT2D eigenvalue weighted by molar-refractivity contribution is -0.140. The summed E-state index contributed by atoms with van der Waals surface area (Å²) in [5, 5.41) is 21.6. The highest BCUT2D eigenvalue weighted by Crippen LogP contribution is 2.04. The van der Waals surface area contributed by atoms with Crippen LogP contribution in [0.3, 0.4) is 0 Å². The molecule has 0 aromatic heterocycles. The maximum Gasteiger partial charge on any atom is 0.326 e. The first-order chi connectivity index (χ1) is 9.79. The molecule has 0 bridgehead atoms. The van der Waals surface area contributed by atoms with Gasteiger partial charge in [0, 0.05) is 6.42 Å². The zero-order valence-electron chi connectivity index (χ0n) is 11.0. The average Bonchev–Trinajstić information content (AvgIpc) is 2.35. The maximum atomic E-state index is 11.8. The molecule has 0 aromatic carbocycles. The van der Waals surface area contributed by atoms with Gasteiger partial charge in [0.15, 0.2) is 0 Å². The van der Waals surface area contributed by atoms with E-state index in [1.165, 1.54) is 0 Å². The molecule has 0 saturated carbocycles. The number of nitrogens with one attached hydrogen (secondary N) is 2. The lowest BCUT2D eigenvalue weighted by atomic mass is 10.1. The minimum Gasteiger partial charge on any atom is -0.481 e. The lowest BCUT2D eigenvalue weighted by Gasteiger charge is -2.27. The Kier molecular flexibility index (Phi) is 5.64. The summed E-state index contributed by atoms with van der Waals surface area (Å²) in [4.78, 5) is 56.3. The van der Waals surface area contributed by atoms with E-state index in [2.05, 4.69) is 5.32 Å². The first-order valence-electron chi connectivity index (χ1n) is 6.12. The molecule has 1 rings (SSSR count). The average molecular weight is 301 g/mol. The van der Waals surface area contributed by atoms with E-state index >= 15 is 0 Å². The molecule has 10 nitrogen and oxygen atoms in total. The van der Waals surface area contributed by atoms with Crippen LogP contribution in [-0.4, -0.2) is 64.0 Å². The number of hydrogen-bond acceptors (Lipinski definition) is 5. The topological polar surface area (TPSA) is 153 Å². The maximum absolute atomic E-state index is 11.8. The molecule has 1 aliphatic heterocycles. The quantitative estimate of drug-likeness (QED) is 0.429. The molecular formula is C11H15N3O7. The summed E-state index contributed by atoms with van der Waals surface area (Å²) < 4.78 is 0. The SMILES string of the molecule is O=C(O)CCC[C@@H](NC(=O)N1CC(=O)NC(=O)C1)C(=O)O. The van der Waals surface area contributed by atoms with Gasteiger partial charge < -0.3 is 20.4 Å². The summed E-state index contributed by atoms with van der Waals surface area (Å²) in [5.41, 5.74) is 0. The van der Waals surface area contributed by atoms with Gasteiger partial charge in [-0.3, -0.25) is 19.7 Å². The standard InChI is InChI=1S/C11H15N3O7/c15-7-4-14(5-8(16)13-7)11(21)12-6(10(19)20)2-1-3-9(17)18/h6H,1-5H2,(H,12,21)(H,17,18)(H,19,20)(H,13,15,16)/t6-/m1/s1. The summed E-state index contributed by atoms with van der Waals surface area (Å²) in [6.45, 7) is -0.696. The summed E-state index contributed by atoms with van der Waals surface area (Å²) >= 11 is 0. The highest BCUT2D eigenvalue weighted by atomic mass is 16.4. The lowest BCUT2D eigenvalue weighted by Crippen LogP contribution is -2.57. The van der Waals surface area contributed by atoms with Crippen LogP contribution in [0.5, 0.6) is 0 Å². The predicted molar refractivity (Wildman–Crippen MR) is 66.2 cm³/mol. The highest BCUT2D eigenvalue weighted by Gasteiger charge is 2.29. The molecule has 0 spiro atoms. The van der Waals surface area contributed by atoms with Crippen LogP contribution in [-0.2, 0) is 19.2 Å². The van der Waals surface area contributed by atoms with Gasteiger partial charge in [-0.25, -0.2) is 9.59 Å². The van der Waals surface area contributed by atoms with Crippen LogP contribution >= 0.6 is 0 Å². The van der Waals surface area contributed by atoms with Crippen molar-refractivity contribution in [3.05, 3.63) is 0 Å². The number of amides is 4. The number of imide groups is 1.